The van der Waals surface area contributed by atoms with Crippen LogP contribution in [0.5, 0.6) is 0 Å². The zero-order valence-electron chi connectivity index (χ0n) is 19.7. The number of halogens is 2. The van der Waals surface area contributed by atoms with E-state index in [4.69, 9.17) is 9.97 Å². The first-order chi connectivity index (χ1) is 16.9. The Kier molecular flexibility index (Phi) is 4.48. The van der Waals surface area contributed by atoms with Crippen molar-refractivity contribution in [2.24, 2.45) is 0 Å². The van der Waals surface area contributed by atoms with Crippen molar-refractivity contribution in [1.29, 1.82) is 0 Å². The maximum absolute atomic E-state index is 14.1. The predicted octanol–water partition coefficient (Wildman–Crippen LogP) is 6.49. The fourth-order valence-corrected chi connectivity index (χ4v) is 5.69. The van der Waals surface area contributed by atoms with Crippen molar-refractivity contribution in [3.8, 4) is 11.4 Å². The second-order valence-electron chi connectivity index (χ2n) is 10.8. The van der Waals surface area contributed by atoms with Crippen LogP contribution in [-0.2, 0) is 5.41 Å². The van der Waals surface area contributed by atoms with Gasteiger partial charge >= 0.3 is 0 Å². The molecule has 3 saturated carbocycles. The molecule has 35 heavy (non-hydrogen) atoms. The normalized spacial score (nSPS) is 24.2. The third-order valence-electron chi connectivity index (χ3n) is 8.22. The summed E-state index contributed by atoms with van der Waals surface area (Å²) in [6.45, 7) is 1.60. The van der Waals surface area contributed by atoms with Gasteiger partial charge in [-0.1, -0.05) is 19.3 Å². The van der Waals surface area contributed by atoms with Crippen LogP contribution in [0, 0.1) is 0 Å². The largest absolute Gasteiger partial charge is 0.367 e. The fourth-order valence-electron chi connectivity index (χ4n) is 5.69. The zero-order valence-corrected chi connectivity index (χ0v) is 19.7. The average molecular weight is 475 g/mol. The first-order valence-corrected chi connectivity index (χ1v) is 12.7. The summed E-state index contributed by atoms with van der Waals surface area (Å²) in [6.07, 6.45) is 13.7. The van der Waals surface area contributed by atoms with E-state index >= 15 is 0 Å². The lowest BCUT2D eigenvalue weighted by Crippen LogP contribution is -2.23. The maximum Gasteiger partial charge on any atom is 0.260 e. The van der Waals surface area contributed by atoms with Gasteiger partial charge < -0.3 is 10.3 Å². The molecule has 1 atom stereocenters. The Bertz CT molecular complexity index is 1450. The van der Waals surface area contributed by atoms with Crippen LogP contribution in [0.25, 0.3) is 33.3 Å². The van der Waals surface area contributed by atoms with Gasteiger partial charge in [-0.25, -0.2) is 23.7 Å². The Morgan fingerprint density at radius 3 is 2.60 bits per heavy atom. The molecule has 7 rings (SSSR count). The van der Waals surface area contributed by atoms with E-state index < -0.39 is 11.3 Å². The molecule has 0 spiro atoms. The van der Waals surface area contributed by atoms with Crippen LogP contribution in [0.4, 0.5) is 14.6 Å². The van der Waals surface area contributed by atoms with Gasteiger partial charge in [0.2, 0.25) is 0 Å². The molecule has 3 aliphatic rings. The SMILES string of the molecule is CC1(c2cc3c(-c4nc(NC5CCCCC5)c5c(C6CC6)cncc5n4)ccnc3[nH]2)CC1(F)F. The average Bonchev–Trinajstić information content (AvgIpc) is 3.72. The van der Waals surface area contributed by atoms with Gasteiger partial charge in [0.15, 0.2) is 5.82 Å². The van der Waals surface area contributed by atoms with Crippen LogP contribution in [-0.4, -0.2) is 36.9 Å². The Morgan fingerprint density at radius 1 is 1.06 bits per heavy atom. The predicted molar refractivity (Wildman–Crippen MR) is 132 cm³/mol. The van der Waals surface area contributed by atoms with Crippen LogP contribution in [0.3, 0.4) is 0 Å². The molecule has 6 nitrogen and oxygen atoms in total. The Balaban J connectivity index is 1.38. The second kappa shape index (κ2) is 7.42. The topological polar surface area (TPSA) is 79.4 Å². The highest BCUT2D eigenvalue weighted by atomic mass is 19.3. The highest BCUT2D eigenvalue weighted by Crippen LogP contribution is 2.61. The third-order valence-corrected chi connectivity index (χ3v) is 8.22. The number of alkyl halides is 2. The fraction of sp³-hybridized carbons (Fsp3) is 0.481. The first kappa shape index (κ1) is 21.1. The highest BCUT2D eigenvalue weighted by Gasteiger charge is 2.69. The molecule has 4 heterocycles. The number of hydrogen-bond acceptors (Lipinski definition) is 5. The number of fused-ring (bicyclic) bond motifs is 2. The summed E-state index contributed by atoms with van der Waals surface area (Å²) in [6, 6.07) is 4.07. The first-order valence-electron chi connectivity index (χ1n) is 12.7. The molecule has 1 unspecified atom stereocenters. The molecule has 4 aromatic rings. The quantitative estimate of drug-likeness (QED) is 0.346. The summed E-state index contributed by atoms with van der Waals surface area (Å²) in [4.78, 5) is 22.1. The van der Waals surface area contributed by atoms with E-state index in [-0.39, 0.29) is 6.42 Å². The molecule has 0 amide bonds. The van der Waals surface area contributed by atoms with Crippen molar-refractivity contribution in [2.45, 2.75) is 81.6 Å². The van der Waals surface area contributed by atoms with Crippen LogP contribution in [0.15, 0.2) is 30.7 Å². The number of pyridine rings is 2. The molecule has 8 heteroatoms. The van der Waals surface area contributed by atoms with Crippen molar-refractivity contribution in [1.82, 2.24) is 24.9 Å². The monoisotopic (exact) mass is 474 g/mol. The summed E-state index contributed by atoms with van der Waals surface area (Å²) in [7, 11) is 0. The van der Waals surface area contributed by atoms with E-state index in [1.807, 2.05) is 18.5 Å². The van der Waals surface area contributed by atoms with E-state index in [9.17, 15) is 8.78 Å². The molecule has 0 aromatic carbocycles. The van der Waals surface area contributed by atoms with Crippen molar-refractivity contribution in [2.75, 3.05) is 5.32 Å². The molecule has 180 valence electrons. The van der Waals surface area contributed by atoms with Crippen molar-refractivity contribution < 1.29 is 8.78 Å². The van der Waals surface area contributed by atoms with Crippen LogP contribution in [0.2, 0.25) is 0 Å². The molecule has 2 N–H and O–H groups in total. The summed E-state index contributed by atoms with van der Waals surface area (Å²) >= 11 is 0. The second-order valence-corrected chi connectivity index (χ2v) is 10.8. The van der Waals surface area contributed by atoms with E-state index in [0.29, 0.717) is 29.1 Å². The number of nitrogens with one attached hydrogen (secondary N) is 2. The maximum atomic E-state index is 14.1. The standard InChI is InChI=1S/C27H28F2N6/c1-26(14-27(26,28)29)21-11-18-17(9-10-31-23(18)34-21)24-33-20-13-30-12-19(15-7-8-15)22(20)25(35-24)32-16-5-3-2-4-6-16/h9-13,15-16H,2-8,14H2,1H3,(H,31,34)(H,32,33,35). The number of hydrogen-bond donors (Lipinski definition) is 2. The molecule has 0 bridgehead atoms. The van der Waals surface area contributed by atoms with Crippen LogP contribution >= 0.6 is 0 Å². The molecule has 0 radical (unpaired) electrons. The third kappa shape index (κ3) is 3.40. The molecule has 3 aliphatic carbocycles. The Morgan fingerprint density at radius 2 is 1.86 bits per heavy atom. The van der Waals surface area contributed by atoms with Gasteiger partial charge in [-0.3, -0.25) is 4.98 Å². The summed E-state index contributed by atoms with van der Waals surface area (Å²) in [5, 5.41) is 5.59. The molecule has 0 saturated heterocycles. The highest BCUT2D eigenvalue weighted by molar-refractivity contribution is 5.97. The minimum atomic E-state index is -2.70. The summed E-state index contributed by atoms with van der Waals surface area (Å²) in [5.74, 6) is -0.748. The van der Waals surface area contributed by atoms with Gasteiger partial charge in [0.25, 0.3) is 5.92 Å². The molecular formula is C27H28F2N6. The smallest absolute Gasteiger partial charge is 0.260 e. The number of aromatic amines is 1. The zero-order chi connectivity index (χ0) is 23.8. The summed E-state index contributed by atoms with van der Waals surface area (Å²) < 4.78 is 28.2. The van der Waals surface area contributed by atoms with E-state index in [1.165, 1.54) is 37.7 Å². The Hall–Kier alpha value is -3.16. The lowest BCUT2D eigenvalue weighted by atomic mass is 9.95. The van der Waals surface area contributed by atoms with Gasteiger partial charge in [-0.15, -0.1) is 0 Å². The molecule has 4 aromatic heterocycles. The molecule has 0 aliphatic heterocycles. The van der Waals surface area contributed by atoms with Gasteiger partial charge in [-0.05, 0) is 56.2 Å². The minimum absolute atomic E-state index is 0.153. The van der Waals surface area contributed by atoms with Crippen LogP contribution in [0.1, 0.15) is 75.5 Å². The molecule has 3 fully saturated rings. The number of rotatable bonds is 5. The number of H-pyrrole nitrogens is 1. The molecular weight excluding hydrogens is 446 g/mol. The van der Waals surface area contributed by atoms with Gasteiger partial charge in [-0.2, -0.15) is 0 Å². The van der Waals surface area contributed by atoms with Crippen molar-refractivity contribution in [3.63, 3.8) is 0 Å². The summed E-state index contributed by atoms with van der Waals surface area (Å²) in [5.41, 5.74) is 2.74. The number of anilines is 1. The van der Waals surface area contributed by atoms with Gasteiger partial charge in [0.05, 0.1) is 17.1 Å². The number of nitrogens with zero attached hydrogens (tertiary/aromatic N) is 4. The minimum Gasteiger partial charge on any atom is -0.367 e. The van der Waals surface area contributed by atoms with E-state index in [1.54, 1.807) is 19.2 Å². The lowest BCUT2D eigenvalue weighted by molar-refractivity contribution is 0.0912. The Labute approximate surface area is 202 Å². The number of aromatic nitrogens is 5. The lowest BCUT2D eigenvalue weighted by Gasteiger charge is -2.24. The van der Waals surface area contributed by atoms with E-state index in [2.05, 4.69) is 20.3 Å². The van der Waals surface area contributed by atoms with E-state index in [0.717, 1.165) is 40.5 Å². The van der Waals surface area contributed by atoms with Crippen molar-refractivity contribution >= 4 is 27.8 Å². The van der Waals surface area contributed by atoms with Crippen molar-refractivity contribution in [3.05, 3.63) is 42.0 Å². The van der Waals surface area contributed by atoms with Gasteiger partial charge in [0, 0.05) is 46.9 Å². The van der Waals surface area contributed by atoms with Crippen LogP contribution < -0.4 is 5.32 Å². The van der Waals surface area contributed by atoms with Gasteiger partial charge in [0.1, 0.15) is 11.5 Å².